The van der Waals surface area contributed by atoms with E-state index in [4.69, 9.17) is 0 Å². The third kappa shape index (κ3) is 6.78. The molecular weight excluding hydrogens is 218 g/mol. The van der Waals surface area contributed by atoms with E-state index in [9.17, 15) is 0 Å². The molecule has 0 saturated heterocycles. The van der Waals surface area contributed by atoms with Crippen LogP contribution in [0.5, 0.6) is 0 Å². The molecule has 0 heterocycles. The molecule has 0 aromatic heterocycles. The second-order valence-electron chi connectivity index (χ2n) is 6.68. The molecule has 0 aromatic rings. The summed E-state index contributed by atoms with van der Waals surface area (Å²) in [6, 6.07) is 0. The van der Waals surface area contributed by atoms with Crippen LogP contribution in [0.15, 0.2) is 0 Å². The standard InChI is InChI=1S/C17H37N/c1-8-14(5)16(12-15(9-2)10-3)13-18-17(6,7)11-4/h14-16,18H,8-13H2,1-7H3. The van der Waals surface area contributed by atoms with Crippen LogP contribution in [0.1, 0.15) is 80.6 Å². The summed E-state index contributed by atoms with van der Waals surface area (Å²) >= 11 is 0. The summed E-state index contributed by atoms with van der Waals surface area (Å²) in [5.41, 5.74) is 0.291. The summed E-state index contributed by atoms with van der Waals surface area (Å²) < 4.78 is 0. The molecule has 0 saturated carbocycles. The number of hydrogen-bond acceptors (Lipinski definition) is 1. The Kier molecular flexibility index (Phi) is 8.94. The lowest BCUT2D eigenvalue weighted by molar-refractivity contribution is 0.232. The van der Waals surface area contributed by atoms with Crippen molar-refractivity contribution in [3.05, 3.63) is 0 Å². The van der Waals surface area contributed by atoms with Gasteiger partial charge in [0.1, 0.15) is 0 Å². The van der Waals surface area contributed by atoms with Gasteiger partial charge in [0.15, 0.2) is 0 Å². The Morgan fingerprint density at radius 3 is 1.89 bits per heavy atom. The summed E-state index contributed by atoms with van der Waals surface area (Å²) in [5, 5.41) is 3.78. The number of hydrogen-bond donors (Lipinski definition) is 1. The van der Waals surface area contributed by atoms with Crippen LogP contribution in [0.2, 0.25) is 0 Å². The molecule has 110 valence electrons. The Labute approximate surface area is 116 Å². The van der Waals surface area contributed by atoms with E-state index in [-0.39, 0.29) is 0 Å². The van der Waals surface area contributed by atoms with Crippen LogP contribution in [0, 0.1) is 17.8 Å². The van der Waals surface area contributed by atoms with Gasteiger partial charge in [0.25, 0.3) is 0 Å². The highest BCUT2D eigenvalue weighted by molar-refractivity contribution is 4.79. The minimum absolute atomic E-state index is 0.291. The maximum Gasteiger partial charge on any atom is 0.0122 e. The van der Waals surface area contributed by atoms with Crippen LogP contribution in [0.3, 0.4) is 0 Å². The molecule has 0 aliphatic carbocycles. The van der Waals surface area contributed by atoms with Gasteiger partial charge in [0.2, 0.25) is 0 Å². The Balaban J connectivity index is 4.40. The molecule has 0 aromatic carbocycles. The maximum atomic E-state index is 3.78. The van der Waals surface area contributed by atoms with E-state index in [1.54, 1.807) is 0 Å². The fourth-order valence-corrected chi connectivity index (χ4v) is 2.43. The van der Waals surface area contributed by atoms with Crippen molar-refractivity contribution in [2.75, 3.05) is 6.54 Å². The molecule has 0 fully saturated rings. The highest BCUT2D eigenvalue weighted by Crippen LogP contribution is 2.26. The van der Waals surface area contributed by atoms with Crippen molar-refractivity contribution in [1.29, 1.82) is 0 Å². The van der Waals surface area contributed by atoms with Crippen LogP contribution in [-0.4, -0.2) is 12.1 Å². The smallest absolute Gasteiger partial charge is 0.0122 e. The molecule has 0 rings (SSSR count). The van der Waals surface area contributed by atoms with E-state index in [1.807, 2.05) is 0 Å². The zero-order valence-corrected chi connectivity index (χ0v) is 14.0. The van der Waals surface area contributed by atoms with Crippen molar-refractivity contribution < 1.29 is 0 Å². The number of nitrogens with one attached hydrogen (secondary N) is 1. The monoisotopic (exact) mass is 255 g/mol. The lowest BCUT2D eigenvalue weighted by Gasteiger charge is -2.32. The zero-order valence-electron chi connectivity index (χ0n) is 14.0. The molecule has 0 amide bonds. The molecule has 18 heavy (non-hydrogen) atoms. The zero-order chi connectivity index (χ0) is 14.2. The molecule has 0 radical (unpaired) electrons. The molecule has 0 aliphatic heterocycles. The first-order valence-electron chi connectivity index (χ1n) is 8.15. The van der Waals surface area contributed by atoms with Gasteiger partial charge in [0.05, 0.1) is 0 Å². The summed E-state index contributed by atoms with van der Waals surface area (Å²) in [6.07, 6.45) is 6.57. The first-order valence-corrected chi connectivity index (χ1v) is 8.15. The summed E-state index contributed by atoms with van der Waals surface area (Å²) in [7, 11) is 0. The van der Waals surface area contributed by atoms with Gasteiger partial charge >= 0.3 is 0 Å². The van der Waals surface area contributed by atoms with Gasteiger partial charge in [-0.1, -0.05) is 53.9 Å². The first kappa shape index (κ1) is 18.0. The average Bonchev–Trinajstić information content (AvgIpc) is 2.38. The van der Waals surface area contributed by atoms with Gasteiger partial charge < -0.3 is 5.32 Å². The SMILES string of the molecule is CCC(CC)CC(CNC(C)(C)CC)C(C)CC. The minimum Gasteiger partial charge on any atom is -0.312 e. The van der Waals surface area contributed by atoms with Gasteiger partial charge in [0, 0.05) is 5.54 Å². The van der Waals surface area contributed by atoms with Gasteiger partial charge in [-0.25, -0.2) is 0 Å². The van der Waals surface area contributed by atoms with E-state index in [1.165, 1.54) is 38.6 Å². The van der Waals surface area contributed by atoms with E-state index in [0.29, 0.717) is 5.54 Å². The van der Waals surface area contributed by atoms with Gasteiger partial charge in [-0.05, 0) is 51.0 Å². The minimum atomic E-state index is 0.291. The second kappa shape index (κ2) is 8.96. The van der Waals surface area contributed by atoms with Crippen LogP contribution < -0.4 is 5.32 Å². The molecule has 0 bridgehead atoms. The quantitative estimate of drug-likeness (QED) is 0.562. The van der Waals surface area contributed by atoms with Crippen molar-refractivity contribution in [2.45, 2.75) is 86.1 Å². The maximum absolute atomic E-state index is 3.78. The topological polar surface area (TPSA) is 12.0 Å². The Hall–Kier alpha value is -0.0400. The molecule has 1 nitrogen and oxygen atoms in total. The van der Waals surface area contributed by atoms with E-state index in [2.05, 4.69) is 53.8 Å². The summed E-state index contributed by atoms with van der Waals surface area (Å²) in [5.74, 6) is 2.59. The fraction of sp³-hybridized carbons (Fsp3) is 1.00. The Bertz CT molecular complexity index is 194. The van der Waals surface area contributed by atoms with Crippen LogP contribution >= 0.6 is 0 Å². The molecule has 0 aliphatic rings. The Morgan fingerprint density at radius 1 is 0.944 bits per heavy atom. The van der Waals surface area contributed by atoms with Crippen molar-refractivity contribution in [3.8, 4) is 0 Å². The van der Waals surface area contributed by atoms with Gasteiger partial charge in [-0.3, -0.25) is 0 Å². The molecule has 2 atom stereocenters. The second-order valence-corrected chi connectivity index (χ2v) is 6.68. The fourth-order valence-electron chi connectivity index (χ4n) is 2.43. The van der Waals surface area contributed by atoms with Crippen molar-refractivity contribution in [1.82, 2.24) is 5.32 Å². The van der Waals surface area contributed by atoms with Gasteiger partial charge in [-0.2, -0.15) is 0 Å². The predicted molar refractivity (Wildman–Crippen MR) is 84.0 cm³/mol. The molecule has 1 N–H and O–H groups in total. The highest BCUT2D eigenvalue weighted by atomic mass is 15.0. The number of rotatable bonds is 10. The first-order chi connectivity index (χ1) is 8.40. The van der Waals surface area contributed by atoms with Crippen LogP contribution in [0.4, 0.5) is 0 Å². The van der Waals surface area contributed by atoms with Crippen molar-refractivity contribution >= 4 is 0 Å². The van der Waals surface area contributed by atoms with Crippen LogP contribution in [0.25, 0.3) is 0 Å². The van der Waals surface area contributed by atoms with Gasteiger partial charge in [-0.15, -0.1) is 0 Å². The van der Waals surface area contributed by atoms with Crippen molar-refractivity contribution in [3.63, 3.8) is 0 Å². The molecule has 2 unspecified atom stereocenters. The van der Waals surface area contributed by atoms with Crippen molar-refractivity contribution in [2.24, 2.45) is 17.8 Å². The lowest BCUT2D eigenvalue weighted by atomic mass is 9.81. The van der Waals surface area contributed by atoms with E-state index < -0.39 is 0 Å². The normalized spacial score (nSPS) is 16.0. The molecule has 1 heteroatoms. The Morgan fingerprint density at radius 2 is 1.50 bits per heavy atom. The predicted octanol–water partition coefficient (Wildman–Crippen LogP) is 5.25. The van der Waals surface area contributed by atoms with Crippen LogP contribution in [-0.2, 0) is 0 Å². The summed E-state index contributed by atoms with van der Waals surface area (Å²) in [4.78, 5) is 0. The lowest BCUT2D eigenvalue weighted by Crippen LogP contribution is -2.42. The molecular formula is C17H37N. The third-order valence-corrected chi connectivity index (χ3v) is 4.97. The molecule has 0 spiro atoms. The largest absolute Gasteiger partial charge is 0.312 e. The third-order valence-electron chi connectivity index (χ3n) is 4.97. The summed E-state index contributed by atoms with van der Waals surface area (Å²) in [6.45, 7) is 17.5. The van der Waals surface area contributed by atoms with E-state index >= 15 is 0 Å². The van der Waals surface area contributed by atoms with E-state index in [0.717, 1.165) is 17.8 Å². The highest BCUT2D eigenvalue weighted by Gasteiger charge is 2.22. The average molecular weight is 255 g/mol.